The Morgan fingerprint density at radius 2 is 1.50 bits per heavy atom. The Bertz CT molecular complexity index is 1050. The zero-order valence-electron chi connectivity index (χ0n) is 16.1. The summed E-state index contributed by atoms with van der Waals surface area (Å²) in [5.41, 5.74) is -3.22. The molecule has 1 atom stereocenters. The summed E-state index contributed by atoms with van der Waals surface area (Å²) in [5, 5.41) is 17.4. The molecule has 0 bridgehead atoms. The van der Waals surface area contributed by atoms with Gasteiger partial charge in [-0.25, -0.2) is 4.98 Å². The molecule has 1 aromatic carbocycles. The Morgan fingerprint density at radius 1 is 0.933 bits per heavy atom. The maximum absolute atomic E-state index is 13.3. The molecular formula is C19H18F6N4O. The summed E-state index contributed by atoms with van der Waals surface area (Å²) >= 11 is 0. The Kier molecular flexibility index (Phi) is 5.21. The summed E-state index contributed by atoms with van der Waals surface area (Å²) in [6.07, 6.45) is -9.20. The number of anilines is 1. The van der Waals surface area contributed by atoms with Gasteiger partial charge in [0.25, 0.3) is 0 Å². The van der Waals surface area contributed by atoms with Crippen LogP contribution in [0.3, 0.4) is 0 Å². The number of nitrogens with zero attached hydrogens (tertiary/aromatic N) is 3. The van der Waals surface area contributed by atoms with Gasteiger partial charge in [-0.05, 0) is 50.6 Å². The van der Waals surface area contributed by atoms with Crippen molar-refractivity contribution < 1.29 is 31.4 Å². The molecule has 0 saturated carbocycles. The van der Waals surface area contributed by atoms with Crippen molar-refractivity contribution in [2.24, 2.45) is 0 Å². The van der Waals surface area contributed by atoms with Gasteiger partial charge in [0.15, 0.2) is 5.65 Å². The SMILES string of the molecule is Cc1nc2cc(C(F)(F)F)cc(N[C@@H](c3ccc(C(F)(F)F)cc3)C(C)(C)O)n2n1. The molecule has 162 valence electrons. The van der Waals surface area contributed by atoms with Crippen LogP contribution in [0, 0.1) is 6.92 Å². The van der Waals surface area contributed by atoms with Crippen LogP contribution >= 0.6 is 0 Å². The predicted molar refractivity (Wildman–Crippen MR) is 96.8 cm³/mol. The number of aromatic nitrogens is 3. The number of pyridine rings is 1. The number of aliphatic hydroxyl groups is 1. The number of benzene rings is 1. The van der Waals surface area contributed by atoms with Crippen molar-refractivity contribution in [3.63, 3.8) is 0 Å². The average Bonchev–Trinajstić information content (AvgIpc) is 2.97. The van der Waals surface area contributed by atoms with Crippen molar-refractivity contribution in [2.75, 3.05) is 5.32 Å². The number of aryl methyl sites for hydroxylation is 1. The van der Waals surface area contributed by atoms with E-state index in [0.29, 0.717) is 0 Å². The van der Waals surface area contributed by atoms with E-state index in [0.717, 1.165) is 40.9 Å². The van der Waals surface area contributed by atoms with E-state index in [1.54, 1.807) is 0 Å². The second-order valence-corrected chi connectivity index (χ2v) is 7.41. The van der Waals surface area contributed by atoms with Gasteiger partial charge in [0.2, 0.25) is 0 Å². The maximum Gasteiger partial charge on any atom is 0.416 e. The Labute approximate surface area is 167 Å². The minimum absolute atomic E-state index is 0.0632. The standard InChI is InChI=1S/C19H18F6N4O/c1-10-26-14-8-13(19(23,24)25)9-15(29(14)28-10)27-16(17(2,3)30)11-4-6-12(7-5-11)18(20,21)22/h4-9,16,27,30H,1-3H3/t16-/m0/s1. The van der Waals surface area contributed by atoms with E-state index in [9.17, 15) is 31.4 Å². The summed E-state index contributed by atoms with van der Waals surface area (Å²) in [5.74, 6) is 0.110. The third-order valence-corrected chi connectivity index (χ3v) is 4.44. The molecule has 3 aromatic rings. The summed E-state index contributed by atoms with van der Waals surface area (Å²) in [6.45, 7) is 4.28. The number of hydrogen-bond donors (Lipinski definition) is 2. The van der Waals surface area contributed by atoms with Crippen molar-refractivity contribution in [1.82, 2.24) is 14.6 Å². The highest BCUT2D eigenvalue weighted by Crippen LogP contribution is 2.36. The Balaban J connectivity index is 2.09. The van der Waals surface area contributed by atoms with Crippen LogP contribution in [0.4, 0.5) is 32.2 Å². The lowest BCUT2D eigenvalue weighted by Gasteiger charge is -2.32. The van der Waals surface area contributed by atoms with Gasteiger partial charge in [-0.2, -0.15) is 30.9 Å². The van der Waals surface area contributed by atoms with Crippen LogP contribution in [0.5, 0.6) is 0 Å². The minimum atomic E-state index is -4.66. The monoisotopic (exact) mass is 432 g/mol. The van der Waals surface area contributed by atoms with Crippen LogP contribution in [0.1, 0.15) is 42.4 Å². The van der Waals surface area contributed by atoms with E-state index in [1.165, 1.54) is 20.8 Å². The topological polar surface area (TPSA) is 62.5 Å². The highest BCUT2D eigenvalue weighted by Gasteiger charge is 2.35. The number of rotatable bonds is 4. The van der Waals surface area contributed by atoms with Crippen LogP contribution in [-0.4, -0.2) is 25.3 Å². The molecule has 11 heteroatoms. The lowest BCUT2D eigenvalue weighted by Crippen LogP contribution is -2.35. The molecule has 0 fully saturated rings. The van der Waals surface area contributed by atoms with E-state index in [1.807, 2.05) is 0 Å². The summed E-state index contributed by atoms with van der Waals surface area (Å²) in [4.78, 5) is 3.95. The van der Waals surface area contributed by atoms with Gasteiger partial charge in [0.1, 0.15) is 11.6 Å². The van der Waals surface area contributed by atoms with Crippen molar-refractivity contribution in [3.8, 4) is 0 Å². The molecular weight excluding hydrogens is 414 g/mol. The third kappa shape index (κ3) is 4.50. The molecule has 0 aliphatic rings. The molecule has 2 heterocycles. The Hall–Kier alpha value is -2.82. The molecule has 2 N–H and O–H groups in total. The van der Waals surface area contributed by atoms with Crippen LogP contribution in [0.25, 0.3) is 5.65 Å². The molecule has 0 spiro atoms. The van der Waals surface area contributed by atoms with E-state index in [2.05, 4.69) is 15.4 Å². The summed E-state index contributed by atoms with van der Waals surface area (Å²) in [6, 6.07) is 4.61. The summed E-state index contributed by atoms with van der Waals surface area (Å²) in [7, 11) is 0. The fourth-order valence-corrected chi connectivity index (χ4v) is 3.04. The fraction of sp³-hybridized carbons (Fsp3) is 0.368. The molecule has 5 nitrogen and oxygen atoms in total. The van der Waals surface area contributed by atoms with Gasteiger partial charge < -0.3 is 10.4 Å². The van der Waals surface area contributed by atoms with Gasteiger partial charge in [-0.15, -0.1) is 5.10 Å². The molecule has 0 radical (unpaired) electrons. The zero-order chi connectivity index (χ0) is 22.5. The van der Waals surface area contributed by atoms with Gasteiger partial charge >= 0.3 is 12.4 Å². The first-order valence-electron chi connectivity index (χ1n) is 8.77. The highest BCUT2D eigenvalue weighted by atomic mass is 19.4. The van der Waals surface area contributed by atoms with Crippen LogP contribution in [-0.2, 0) is 12.4 Å². The normalized spacial score (nSPS) is 14.2. The zero-order valence-corrected chi connectivity index (χ0v) is 16.1. The average molecular weight is 432 g/mol. The second-order valence-electron chi connectivity index (χ2n) is 7.41. The molecule has 3 rings (SSSR count). The number of nitrogens with one attached hydrogen (secondary N) is 1. The van der Waals surface area contributed by atoms with Gasteiger partial charge in [0, 0.05) is 0 Å². The third-order valence-electron chi connectivity index (χ3n) is 4.44. The fourth-order valence-electron chi connectivity index (χ4n) is 3.04. The molecule has 0 unspecified atom stereocenters. The smallest absolute Gasteiger partial charge is 0.388 e. The molecule has 2 aromatic heterocycles. The van der Waals surface area contributed by atoms with Crippen LogP contribution < -0.4 is 5.32 Å². The Morgan fingerprint density at radius 3 is 2.00 bits per heavy atom. The van der Waals surface area contributed by atoms with Crippen LogP contribution in [0.15, 0.2) is 36.4 Å². The van der Waals surface area contributed by atoms with Gasteiger partial charge in [-0.3, -0.25) is 0 Å². The largest absolute Gasteiger partial charge is 0.416 e. The predicted octanol–water partition coefficient (Wildman–Crippen LogP) is 5.00. The van der Waals surface area contributed by atoms with E-state index >= 15 is 0 Å². The highest BCUT2D eigenvalue weighted by molar-refractivity contribution is 5.54. The quantitative estimate of drug-likeness (QED) is 0.570. The van der Waals surface area contributed by atoms with Gasteiger partial charge in [0.05, 0.1) is 22.8 Å². The maximum atomic E-state index is 13.3. The molecule has 0 aliphatic carbocycles. The minimum Gasteiger partial charge on any atom is -0.388 e. The van der Waals surface area contributed by atoms with E-state index < -0.39 is 35.1 Å². The lowest BCUT2D eigenvalue weighted by molar-refractivity contribution is -0.138. The second kappa shape index (κ2) is 7.15. The number of hydrogen-bond acceptors (Lipinski definition) is 4. The summed E-state index contributed by atoms with van der Waals surface area (Å²) < 4.78 is 79.6. The molecule has 30 heavy (non-hydrogen) atoms. The molecule has 0 amide bonds. The number of halogens is 6. The first-order chi connectivity index (χ1) is 13.7. The van der Waals surface area contributed by atoms with Crippen molar-refractivity contribution in [3.05, 3.63) is 58.9 Å². The molecule has 0 saturated heterocycles. The van der Waals surface area contributed by atoms with Gasteiger partial charge in [-0.1, -0.05) is 12.1 Å². The van der Waals surface area contributed by atoms with Crippen molar-refractivity contribution >= 4 is 11.5 Å². The first kappa shape index (κ1) is 21.9. The van der Waals surface area contributed by atoms with Crippen molar-refractivity contribution in [1.29, 1.82) is 0 Å². The molecule has 0 aliphatic heterocycles. The van der Waals surface area contributed by atoms with Crippen LogP contribution in [0.2, 0.25) is 0 Å². The lowest BCUT2D eigenvalue weighted by atomic mass is 9.91. The van der Waals surface area contributed by atoms with E-state index in [4.69, 9.17) is 0 Å². The number of fused-ring (bicyclic) bond motifs is 1. The number of alkyl halides is 6. The first-order valence-corrected chi connectivity index (χ1v) is 8.77. The van der Waals surface area contributed by atoms with Crippen molar-refractivity contribution in [2.45, 2.75) is 44.8 Å². The van der Waals surface area contributed by atoms with E-state index in [-0.39, 0.29) is 22.9 Å².